The summed E-state index contributed by atoms with van der Waals surface area (Å²) in [5.74, 6) is -0.979. The van der Waals surface area contributed by atoms with E-state index in [0.717, 1.165) is 11.4 Å². The van der Waals surface area contributed by atoms with Gasteiger partial charge in [0.2, 0.25) is 0 Å². The molecule has 0 spiro atoms. The molecular weight excluding hydrogens is 276 g/mol. The molecule has 0 saturated heterocycles. The van der Waals surface area contributed by atoms with Crippen molar-refractivity contribution >= 4 is 28.3 Å². The molecule has 0 atom stereocenters. The highest BCUT2D eigenvalue weighted by Crippen LogP contribution is 2.20. The van der Waals surface area contributed by atoms with Gasteiger partial charge in [0.15, 0.2) is 0 Å². The van der Waals surface area contributed by atoms with E-state index in [1.165, 1.54) is 4.88 Å². The monoisotopic (exact) mass is 288 g/mol. The molecule has 20 heavy (non-hydrogen) atoms. The fraction of sp³-hybridized carbons (Fsp3) is 0.231. The Kier molecular flexibility index (Phi) is 3.19. The third-order valence-corrected chi connectivity index (χ3v) is 4.13. The van der Waals surface area contributed by atoms with E-state index in [2.05, 4.69) is 22.2 Å². The van der Waals surface area contributed by atoms with E-state index in [9.17, 15) is 9.90 Å². The first kappa shape index (κ1) is 12.7. The molecule has 1 aromatic carbocycles. The predicted molar refractivity (Wildman–Crippen MR) is 75.1 cm³/mol. The molecule has 7 heteroatoms. The lowest BCUT2D eigenvalue weighted by Gasteiger charge is -2.02. The van der Waals surface area contributed by atoms with Crippen LogP contribution in [-0.4, -0.2) is 31.1 Å². The molecule has 6 nitrogen and oxygen atoms in total. The van der Waals surface area contributed by atoms with Gasteiger partial charge in [0.25, 0.3) is 0 Å². The molecule has 102 valence electrons. The van der Waals surface area contributed by atoms with E-state index in [1.807, 2.05) is 6.20 Å². The van der Waals surface area contributed by atoms with E-state index >= 15 is 0 Å². The number of aromatic nitrogens is 4. The van der Waals surface area contributed by atoms with Crippen LogP contribution in [0.3, 0.4) is 0 Å². The van der Waals surface area contributed by atoms with Crippen LogP contribution < -0.4 is 0 Å². The Morgan fingerprint density at radius 1 is 1.45 bits per heavy atom. The van der Waals surface area contributed by atoms with Crippen LogP contribution >= 0.6 is 11.3 Å². The second kappa shape index (κ2) is 5.01. The van der Waals surface area contributed by atoms with Gasteiger partial charge in [0.1, 0.15) is 16.0 Å². The van der Waals surface area contributed by atoms with Crippen LogP contribution in [0.15, 0.2) is 24.4 Å². The molecule has 1 N–H and O–H groups in total. The van der Waals surface area contributed by atoms with Crippen molar-refractivity contribution in [1.29, 1.82) is 0 Å². The zero-order valence-electron chi connectivity index (χ0n) is 10.8. The first-order valence-corrected chi connectivity index (χ1v) is 6.99. The Morgan fingerprint density at radius 3 is 3.00 bits per heavy atom. The maximum absolute atomic E-state index is 11.3. The van der Waals surface area contributed by atoms with Crippen LogP contribution in [0.5, 0.6) is 0 Å². The van der Waals surface area contributed by atoms with E-state index in [-0.39, 0.29) is 5.56 Å². The van der Waals surface area contributed by atoms with Crippen molar-refractivity contribution in [2.45, 2.75) is 19.9 Å². The summed E-state index contributed by atoms with van der Waals surface area (Å²) < 4.78 is 1.59. The molecule has 0 radical (unpaired) electrons. The van der Waals surface area contributed by atoms with Crippen LogP contribution in [0.2, 0.25) is 0 Å². The highest BCUT2D eigenvalue weighted by molar-refractivity contribution is 7.11. The number of carboxylic acid groups (broad SMARTS) is 1. The lowest BCUT2D eigenvalue weighted by Crippen LogP contribution is -2.06. The third kappa shape index (κ3) is 2.16. The van der Waals surface area contributed by atoms with Crippen molar-refractivity contribution in [1.82, 2.24) is 20.0 Å². The van der Waals surface area contributed by atoms with Crippen molar-refractivity contribution in [3.63, 3.8) is 0 Å². The van der Waals surface area contributed by atoms with Gasteiger partial charge in [-0.15, -0.1) is 16.4 Å². The van der Waals surface area contributed by atoms with Crippen LogP contribution in [0.25, 0.3) is 11.0 Å². The number of fused-ring (bicyclic) bond motifs is 1. The number of aryl methyl sites for hydroxylation is 1. The van der Waals surface area contributed by atoms with Gasteiger partial charge in [-0.25, -0.2) is 14.5 Å². The molecule has 0 saturated carbocycles. The van der Waals surface area contributed by atoms with Gasteiger partial charge < -0.3 is 5.11 Å². The minimum atomic E-state index is -0.979. The fourth-order valence-electron chi connectivity index (χ4n) is 2.03. The predicted octanol–water partition coefficient (Wildman–Crippen LogP) is 2.20. The van der Waals surface area contributed by atoms with Crippen molar-refractivity contribution in [2.75, 3.05) is 0 Å². The van der Waals surface area contributed by atoms with Gasteiger partial charge in [0, 0.05) is 11.1 Å². The lowest BCUT2D eigenvalue weighted by atomic mass is 10.2. The third-order valence-electron chi connectivity index (χ3n) is 3.00. The molecule has 0 bridgehead atoms. The average molecular weight is 288 g/mol. The number of benzene rings is 1. The number of nitrogens with zero attached hydrogens (tertiary/aromatic N) is 4. The first-order valence-electron chi connectivity index (χ1n) is 6.18. The van der Waals surface area contributed by atoms with Crippen molar-refractivity contribution in [3.05, 3.63) is 39.8 Å². The summed E-state index contributed by atoms with van der Waals surface area (Å²) in [4.78, 5) is 16.8. The summed E-state index contributed by atoms with van der Waals surface area (Å²) in [6, 6.07) is 4.98. The summed E-state index contributed by atoms with van der Waals surface area (Å²) in [5.41, 5.74) is 1.32. The molecule has 3 rings (SSSR count). The van der Waals surface area contributed by atoms with Gasteiger partial charge >= 0.3 is 5.97 Å². The number of hydrogen-bond donors (Lipinski definition) is 1. The number of carboxylic acids is 1. The first-order chi connectivity index (χ1) is 9.69. The Bertz CT molecular complexity index is 778. The molecule has 0 amide bonds. The van der Waals surface area contributed by atoms with Crippen molar-refractivity contribution in [3.8, 4) is 0 Å². The lowest BCUT2D eigenvalue weighted by molar-refractivity contribution is 0.0698. The summed E-state index contributed by atoms with van der Waals surface area (Å²) in [5, 5.41) is 18.2. The Labute approximate surface area is 118 Å². The maximum atomic E-state index is 11.3. The summed E-state index contributed by atoms with van der Waals surface area (Å²) >= 11 is 1.61. The molecule has 2 aromatic heterocycles. The quantitative estimate of drug-likeness (QED) is 0.796. The molecule has 0 unspecified atom stereocenters. The largest absolute Gasteiger partial charge is 0.478 e. The average Bonchev–Trinajstić information content (AvgIpc) is 3.06. The number of thiazole rings is 1. The number of hydrogen-bond acceptors (Lipinski definition) is 5. The van der Waals surface area contributed by atoms with Gasteiger partial charge in [-0.05, 0) is 18.6 Å². The Balaban J connectivity index is 2.05. The molecule has 0 aliphatic heterocycles. The zero-order chi connectivity index (χ0) is 14.1. The standard InChI is InChI=1S/C13H12N4O2S/c1-2-8-6-14-11(20-8)7-17-12-9(13(18)19)4-3-5-10(12)15-16-17/h3-6H,2,7H2,1H3,(H,18,19). The fourth-order valence-corrected chi connectivity index (χ4v) is 2.87. The van der Waals surface area contributed by atoms with Crippen LogP contribution in [0.1, 0.15) is 27.2 Å². The Hall–Kier alpha value is -2.28. The minimum absolute atomic E-state index is 0.208. The number of para-hydroxylation sites is 1. The molecule has 0 fully saturated rings. The highest BCUT2D eigenvalue weighted by Gasteiger charge is 2.15. The Morgan fingerprint density at radius 2 is 2.30 bits per heavy atom. The summed E-state index contributed by atoms with van der Waals surface area (Å²) in [7, 11) is 0. The smallest absolute Gasteiger partial charge is 0.337 e. The number of carbonyl (C=O) groups is 1. The van der Waals surface area contributed by atoms with E-state index in [4.69, 9.17) is 0 Å². The summed E-state index contributed by atoms with van der Waals surface area (Å²) in [6.07, 6.45) is 2.79. The van der Waals surface area contributed by atoms with E-state index in [1.54, 1.807) is 34.2 Å². The summed E-state index contributed by atoms with van der Waals surface area (Å²) in [6.45, 7) is 2.51. The van der Waals surface area contributed by atoms with Crippen molar-refractivity contribution in [2.24, 2.45) is 0 Å². The van der Waals surface area contributed by atoms with Gasteiger partial charge in [0.05, 0.1) is 12.1 Å². The molecular formula is C13H12N4O2S. The zero-order valence-corrected chi connectivity index (χ0v) is 11.6. The normalized spacial score (nSPS) is 11.1. The van der Waals surface area contributed by atoms with Crippen molar-refractivity contribution < 1.29 is 9.90 Å². The maximum Gasteiger partial charge on any atom is 0.337 e. The number of aromatic carboxylic acids is 1. The van der Waals surface area contributed by atoms with Gasteiger partial charge in [-0.1, -0.05) is 18.2 Å². The van der Waals surface area contributed by atoms with Crippen LogP contribution in [0, 0.1) is 0 Å². The highest BCUT2D eigenvalue weighted by atomic mass is 32.1. The van der Waals surface area contributed by atoms with E-state index in [0.29, 0.717) is 17.6 Å². The van der Waals surface area contributed by atoms with Crippen LogP contribution in [-0.2, 0) is 13.0 Å². The molecule has 0 aliphatic carbocycles. The minimum Gasteiger partial charge on any atom is -0.478 e. The second-order valence-electron chi connectivity index (χ2n) is 4.30. The second-order valence-corrected chi connectivity index (χ2v) is 5.50. The van der Waals surface area contributed by atoms with Crippen LogP contribution in [0.4, 0.5) is 0 Å². The molecule has 0 aliphatic rings. The SMILES string of the molecule is CCc1cnc(Cn2nnc3cccc(C(=O)O)c32)s1. The number of rotatable bonds is 4. The molecule has 3 aromatic rings. The topological polar surface area (TPSA) is 80.9 Å². The van der Waals surface area contributed by atoms with Gasteiger partial charge in [-0.3, -0.25) is 0 Å². The molecule has 2 heterocycles. The van der Waals surface area contributed by atoms with E-state index < -0.39 is 5.97 Å². The van der Waals surface area contributed by atoms with Gasteiger partial charge in [-0.2, -0.15) is 0 Å².